The topological polar surface area (TPSA) is 72.8 Å². The monoisotopic (exact) mass is 719 g/mol. The lowest BCUT2D eigenvalue weighted by atomic mass is 10.1. The Morgan fingerprint density at radius 2 is 0.712 bits per heavy atom. The van der Waals surface area contributed by atoms with Crippen molar-refractivity contribution in [1.29, 1.82) is 0 Å². The maximum absolute atomic E-state index is 12.0. The first kappa shape index (κ1) is 48.6. The van der Waals surface area contributed by atoms with Gasteiger partial charge in [0.15, 0.2) is 0 Å². The molecule has 0 aromatic rings. The van der Waals surface area contributed by atoms with Crippen molar-refractivity contribution in [1.82, 2.24) is 0 Å². The smallest absolute Gasteiger partial charge is 0.306 e. The van der Waals surface area contributed by atoms with Gasteiger partial charge in [-0.15, -0.1) is 0 Å². The van der Waals surface area contributed by atoms with E-state index in [4.69, 9.17) is 9.47 Å². The maximum Gasteiger partial charge on any atom is 0.306 e. The minimum absolute atomic E-state index is 0.163. The molecule has 0 fully saturated rings. The average molecular weight is 719 g/mol. The van der Waals surface area contributed by atoms with Gasteiger partial charge in [-0.1, -0.05) is 155 Å². The molecule has 0 aliphatic heterocycles. The van der Waals surface area contributed by atoms with Crippen LogP contribution in [0.3, 0.4) is 0 Å². The summed E-state index contributed by atoms with van der Waals surface area (Å²) in [6.07, 6.45) is 60.1. The molecule has 5 heteroatoms. The number of carbonyl (C=O) groups excluding carboxylic acids is 2. The van der Waals surface area contributed by atoms with Crippen LogP contribution >= 0.6 is 0 Å². The Balaban J connectivity index is 3.67. The van der Waals surface area contributed by atoms with Crippen molar-refractivity contribution in [2.45, 2.75) is 161 Å². The zero-order valence-corrected chi connectivity index (χ0v) is 33.0. The summed E-state index contributed by atoms with van der Waals surface area (Å²) in [4.78, 5) is 23.9. The van der Waals surface area contributed by atoms with Crippen LogP contribution in [0.25, 0.3) is 0 Å². The van der Waals surface area contributed by atoms with E-state index < -0.39 is 6.10 Å². The Kier molecular flexibility index (Phi) is 39.2. The number of aliphatic hydroxyl groups excluding tert-OH is 1. The number of ether oxygens (including phenoxy) is 2. The largest absolute Gasteiger partial charge is 0.463 e. The highest BCUT2D eigenvalue weighted by Crippen LogP contribution is 2.07. The summed E-state index contributed by atoms with van der Waals surface area (Å²) in [6.45, 7) is 4.13. The number of rotatable bonds is 35. The van der Waals surface area contributed by atoms with E-state index in [0.717, 1.165) is 70.6 Å². The van der Waals surface area contributed by atoms with Crippen LogP contribution in [0, 0.1) is 0 Å². The third-order valence-corrected chi connectivity index (χ3v) is 7.99. The normalized spacial score (nSPS) is 13.4. The second kappa shape index (κ2) is 42.0. The molecule has 0 aliphatic rings. The van der Waals surface area contributed by atoms with Gasteiger partial charge in [-0.25, -0.2) is 0 Å². The van der Waals surface area contributed by atoms with Crippen LogP contribution in [0.2, 0.25) is 0 Å². The first-order chi connectivity index (χ1) is 25.6. The van der Waals surface area contributed by atoms with Crippen molar-refractivity contribution in [2.75, 3.05) is 13.2 Å². The van der Waals surface area contributed by atoms with Gasteiger partial charge < -0.3 is 14.6 Å². The van der Waals surface area contributed by atoms with Crippen LogP contribution in [0.5, 0.6) is 0 Å². The van der Waals surface area contributed by atoms with Gasteiger partial charge in [0.05, 0.1) is 0 Å². The molecule has 0 rings (SSSR count). The van der Waals surface area contributed by atoms with Crippen molar-refractivity contribution in [2.24, 2.45) is 0 Å². The third-order valence-electron chi connectivity index (χ3n) is 7.99. The van der Waals surface area contributed by atoms with Gasteiger partial charge in [0, 0.05) is 12.8 Å². The highest BCUT2D eigenvalue weighted by atomic mass is 16.6. The average Bonchev–Trinajstić information content (AvgIpc) is 3.15. The number of hydrogen-bond acceptors (Lipinski definition) is 5. The second-order valence-electron chi connectivity index (χ2n) is 13.0. The third kappa shape index (κ3) is 41.0. The zero-order chi connectivity index (χ0) is 37.8. The molecule has 5 nitrogen and oxygen atoms in total. The SMILES string of the molecule is CCCCC/C=C\C/C=C\C/C=C\C/C=C\C/C=C\CCC(=O)OC[C@H](O)COC(=O)CCCCC/C=C\C/C=C\C/C=C\C/C=C\CCCCC. The fourth-order valence-electron chi connectivity index (χ4n) is 4.87. The molecule has 0 amide bonds. The summed E-state index contributed by atoms with van der Waals surface area (Å²) in [7, 11) is 0. The molecule has 1 N–H and O–H groups in total. The molecule has 0 bridgehead atoms. The van der Waals surface area contributed by atoms with Gasteiger partial charge in [-0.3, -0.25) is 9.59 Å². The standard InChI is InChI=1S/C47H74O5/c1-3-5-7-9-11-13-15-17-19-21-23-25-27-29-31-33-35-37-39-41-46(49)51-43-45(48)44-52-47(50)42-40-38-36-34-32-30-28-26-24-22-20-18-16-14-12-10-8-6-4-2/h11-14,17-20,23-26,29-32,35,37,45,48H,3-10,15-16,21-22,27-28,33-34,36,38-44H2,1-2H3/b13-11-,14-12-,19-17-,20-18-,25-23-,26-24-,31-29-,32-30-,37-35-/t45-/m0/s1. The predicted octanol–water partition coefficient (Wildman–Crippen LogP) is 13.1. The summed E-state index contributed by atoms with van der Waals surface area (Å²) in [5.74, 6) is -0.704. The Labute approximate surface area is 319 Å². The molecule has 0 saturated heterocycles. The molecule has 0 spiro atoms. The van der Waals surface area contributed by atoms with Crippen molar-refractivity contribution in [3.8, 4) is 0 Å². The van der Waals surface area contributed by atoms with Crippen molar-refractivity contribution in [3.05, 3.63) is 109 Å². The van der Waals surface area contributed by atoms with Gasteiger partial charge in [0.2, 0.25) is 0 Å². The summed E-state index contributed by atoms with van der Waals surface area (Å²) >= 11 is 0. The molecule has 0 aromatic carbocycles. The first-order valence-corrected chi connectivity index (χ1v) is 20.4. The molecular formula is C47H74O5. The lowest BCUT2D eigenvalue weighted by Crippen LogP contribution is -2.25. The number of carbonyl (C=O) groups is 2. The zero-order valence-electron chi connectivity index (χ0n) is 33.0. The molecule has 1 atom stereocenters. The first-order valence-electron chi connectivity index (χ1n) is 20.4. The van der Waals surface area contributed by atoms with E-state index in [0.29, 0.717) is 12.8 Å². The molecule has 0 unspecified atom stereocenters. The lowest BCUT2D eigenvalue weighted by Gasteiger charge is -2.11. The van der Waals surface area contributed by atoms with Crippen LogP contribution in [0.4, 0.5) is 0 Å². The molecular weight excluding hydrogens is 645 g/mol. The number of unbranched alkanes of at least 4 members (excludes halogenated alkanes) is 9. The molecule has 0 saturated carbocycles. The van der Waals surface area contributed by atoms with Crippen LogP contribution < -0.4 is 0 Å². The number of aliphatic hydroxyl groups is 1. The summed E-state index contributed by atoms with van der Waals surface area (Å²) < 4.78 is 10.3. The van der Waals surface area contributed by atoms with Crippen LogP contribution in [0.15, 0.2) is 109 Å². The number of allylic oxidation sites excluding steroid dienone is 18. The quantitative estimate of drug-likeness (QED) is 0.0401. The van der Waals surface area contributed by atoms with Crippen molar-refractivity contribution >= 4 is 11.9 Å². The van der Waals surface area contributed by atoms with Crippen LogP contribution in [0.1, 0.15) is 155 Å². The molecule has 292 valence electrons. The summed E-state index contributed by atoms with van der Waals surface area (Å²) in [6, 6.07) is 0. The van der Waals surface area contributed by atoms with E-state index in [-0.39, 0.29) is 31.6 Å². The summed E-state index contributed by atoms with van der Waals surface area (Å²) in [5, 5.41) is 10.0. The summed E-state index contributed by atoms with van der Waals surface area (Å²) in [5.41, 5.74) is 0. The van der Waals surface area contributed by atoms with Crippen LogP contribution in [-0.2, 0) is 19.1 Å². The second-order valence-corrected chi connectivity index (χ2v) is 13.0. The van der Waals surface area contributed by atoms with E-state index >= 15 is 0 Å². The number of hydrogen-bond donors (Lipinski definition) is 1. The highest BCUT2D eigenvalue weighted by Gasteiger charge is 2.11. The minimum Gasteiger partial charge on any atom is -0.463 e. The molecule has 0 radical (unpaired) electrons. The van der Waals surface area contributed by atoms with Gasteiger partial charge in [-0.2, -0.15) is 0 Å². The molecule has 0 aromatic heterocycles. The van der Waals surface area contributed by atoms with E-state index in [1.165, 1.54) is 51.4 Å². The fourth-order valence-corrected chi connectivity index (χ4v) is 4.87. The Hall–Kier alpha value is -3.44. The van der Waals surface area contributed by atoms with E-state index in [9.17, 15) is 14.7 Å². The Morgan fingerprint density at radius 3 is 1.08 bits per heavy atom. The van der Waals surface area contributed by atoms with Gasteiger partial charge in [-0.05, 0) is 96.3 Å². The minimum atomic E-state index is -1.02. The van der Waals surface area contributed by atoms with Crippen molar-refractivity contribution < 1.29 is 24.2 Å². The molecule has 0 aliphatic carbocycles. The fraction of sp³-hybridized carbons (Fsp3) is 0.574. The van der Waals surface area contributed by atoms with E-state index in [2.05, 4.69) is 111 Å². The van der Waals surface area contributed by atoms with Gasteiger partial charge in [0.1, 0.15) is 19.3 Å². The van der Waals surface area contributed by atoms with Crippen molar-refractivity contribution in [3.63, 3.8) is 0 Å². The lowest BCUT2D eigenvalue weighted by molar-refractivity contribution is -0.152. The molecule has 52 heavy (non-hydrogen) atoms. The van der Waals surface area contributed by atoms with E-state index in [1.807, 2.05) is 12.2 Å². The Morgan fingerprint density at radius 1 is 0.404 bits per heavy atom. The van der Waals surface area contributed by atoms with Crippen LogP contribution in [-0.4, -0.2) is 36.4 Å². The highest BCUT2D eigenvalue weighted by molar-refractivity contribution is 5.70. The predicted molar refractivity (Wildman–Crippen MR) is 223 cm³/mol. The van der Waals surface area contributed by atoms with Gasteiger partial charge in [0.25, 0.3) is 0 Å². The number of esters is 2. The van der Waals surface area contributed by atoms with E-state index in [1.54, 1.807) is 0 Å². The molecule has 0 heterocycles. The maximum atomic E-state index is 12.0. The Bertz CT molecular complexity index is 1090. The van der Waals surface area contributed by atoms with Gasteiger partial charge >= 0.3 is 11.9 Å².